The summed E-state index contributed by atoms with van der Waals surface area (Å²) in [6.07, 6.45) is 0. The Balaban J connectivity index is 2.63. The summed E-state index contributed by atoms with van der Waals surface area (Å²) in [4.78, 5) is 0. The Bertz CT molecular complexity index is 597. The number of anilines is 1. The van der Waals surface area contributed by atoms with E-state index in [0.29, 0.717) is 5.89 Å². The molecule has 0 aliphatic carbocycles. The van der Waals surface area contributed by atoms with Crippen molar-refractivity contribution in [2.75, 3.05) is 12.8 Å². The van der Waals surface area contributed by atoms with Gasteiger partial charge in [0.2, 0.25) is 5.89 Å². The molecule has 5 heteroatoms. The maximum Gasteiger partial charge on any atom is 0.313 e. The van der Waals surface area contributed by atoms with Gasteiger partial charge < -0.3 is 14.9 Å². The van der Waals surface area contributed by atoms with Crippen molar-refractivity contribution in [1.82, 2.24) is 10.2 Å². The molecule has 0 aliphatic heterocycles. The molecule has 2 aromatic rings. The highest BCUT2D eigenvalue weighted by Gasteiger charge is 2.22. The summed E-state index contributed by atoms with van der Waals surface area (Å²) in [5, 5.41) is 7.64. The van der Waals surface area contributed by atoms with E-state index < -0.39 is 0 Å². The normalized spacial score (nSPS) is 11.6. The number of nitrogens with two attached hydrogens (primary N) is 1. The van der Waals surface area contributed by atoms with Crippen LogP contribution >= 0.6 is 0 Å². The van der Waals surface area contributed by atoms with Crippen molar-refractivity contribution in [1.29, 1.82) is 0 Å². The molecule has 0 amide bonds. The molecule has 2 rings (SSSR count). The SMILES string of the molecule is COc1cc(C)c(-c2nnc(N)o2)cc1C(C)(C)C. The molecule has 1 aromatic heterocycles. The topological polar surface area (TPSA) is 74.2 Å². The fourth-order valence-electron chi connectivity index (χ4n) is 2.01. The molecule has 0 fully saturated rings. The van der Waals surface area contributed by atoms with Gasteiger partial charge in [-0.3, -0.25) is 0 Å². The number of hydrogen-bond acceptors (Lipinski definition) is 5. The van der Waals surface area contributed by atoms with Crippen LogP contribution < -0.4 is 10.5 Å². The number of ether oxygens (including phenoxy) is 1. The maximum atomic E-state index is 5.48. The summed E-state index contributed by atoms with van der Waals surface area (Å²) in [6, 6.07) is 4.08. The van der Waals surface area contributed by atoms with Crippen LogP contribution in [0.2, 0.25) is 0 Å². The van der Waals surface area contributed by atoms with Gasteiger partial charge in [0.25, 0.3) is 0 Å². The molecule has 102 valence electrons. The zero-order chi connectivity index (χ0) is 14.2. The number of methoxy groups -OCH3 is 1. The van der Waals surface area contributed by atoms with Crippen LogP contribution in [0.5, 0.6) is 5.75 Å². The summed E-state index contributed by atoms with van der Waals surface area (Å²) in [5.74, 6) is 1.30. The van der Waals surface area contributed by atoms with E-state index in [9.17, 15) is 0 Å². The third-order valence-corrected chi connectivity index (χ3v) is 3.03. The quantitative estimate of drug-likeness (QED) is 0.899. The third-order valence-electron chi connectivity index (χ3n) is 3.03. The lowest BCUT2D eigenvalue weighted by Crippen LogP contribution is -2.13. The number of nitrogen functional groups attached to an aromatic ring is 1. The lowest BCUT2D eigenvalue weighted by Gasteiger charge is -2.23. The molecule has 0 atom stereocenters. The minimum atomic E-state index is -0.0423. The van der Waals surface area contributed by atoms with Gasteiger partial charge in [0.15, 0.2) is 0 Å². The molecule has 19 heavy (non-hydrogen) atoms. The first-order valence-corrected chi connectivity index (χ1v) is 6.11. The minimum absolute atomic E-state index is 0.0423. The Labute approximate surface area is 112 Å². The zero-order valence-electron chi connectivity index (χ0n) is 11.9. The fourth-order valence-corrected chi connectivity index (χ4v) is 2.01. The number of benzene rings is 1. The molecule has 1 heterocycles. The monoisotopic (exact) mass is 261 g/mol. The van der Waals surface area contributed by atoms with Crippen molar-refractivity contribution in [3.8, 4) is 17.2 Å². The Morgan fingerprint density at radius 1 is 1.21 bits per heavy atom. The lowest BCUT2D eigenvalue weighted by molar-refractivity contribution is 0.397. The van der Waals surface area contributed by atoms with E-state index in [2.05, 4.69) is 31.0 Å². The molecule has 0 bridgehead atoms. The first kappa shape index (κ1) is 13.4. The van der Waals surface area contributed by atoms with E-state index in [1.165, 1.54) is 0 Å². The van der Waals surface area contributed by atoms with Crippen LogP contribution in [0, 0.1) is 6.92 Å². The predicted octanol–water partition coefficient (Wildman–Crippen LogP) is 2.93. The van der Waals surface area contributed by atoms with Gasteiger partial charge in [-0.25, -0.2) is 0 Å². The standard InChI is InChI=1S/C14H19N3O2/c1-8-6-11(18-5)10(14(2,3)4)7-9(8)12-16-17-13(15)19-12/h6-7H,1-5H3,(H2,15,17). The van der Waals surface area contributed by atoms with Crippen LogP contribution in [0.1, 0.15) is 31.9 Å². The molecule has 0 aliphatic rings. The molecule has 0 unspecified atom stereocenters. The van der Waals surface area contributed by atoms with Crippen molar-refractivity contribution in [2.24, 2.45) is 0 Å². The molecule has 5 nitrogen and oxygen atoms in total. The van der Waals surface area contributed by atoms with E-state index in [0.717, 1.165) is 22.4 Å². The summed E-state index contributed by atoms with van der Waals surface area (Å²) < 4.78 is 10.8. The van der Waals surface area contributed by atoms with Gasteiger partial charge in [-0.05, 0) is 30.0 Å². The van der Waals surface area contributed by atoms with Gasteiger partial charge >= 0.3 is 6.01 Å². The van der Waals surface area contributed by atoms with E-state index >= 15 is 0 Å². The number of nitrogens with zero attached hydrogens (tertiary/aromatic N) is 2. The second kappa shape index (κ2) is 4.57. The summed E-state index contributed by atoms with van der Waals surface area (Å²) in [7, 11) is 1.67. The molecule has 1 aromatic carbocycles. The highest BCUT2D eigenvalue weighted by atomic mass is 16.5. The fraction of sp³-hybridized carbons (Fsp3) is 0.429. The van der Waals surface area contributed by atoms with Crippen LogP contribution in [-0.2, 0) is 5.41 Å². The van der Waals surface area contributed by atoms with Gasteiger partial charge in [0.1, 0.15) is 5.75 Å². The Morgan fingerprint density at radius 2 is 1.89 bits per heavy atom. The van der Waals surface area contributed by atoms with Crippen molar-refractivity contribution in [3.05, 3.63) is 23.3 Å². The predicted molar refractivity (Wildman–Crippen MR) is 74.1 cm³/mol. The van der Waals surface area contributed by atoms with Gasteiger partial charge in [-0.1, -0.05) is 25.9 Å². The minimum Gasteiger partial charge on any atom is -0.496 e. The van der Waals surface area contributed by atoms with E-state index in [-0.39, 0.29) is 11.4 Å². The smallest absolute Gasteiger partial charge is 0.313 e. The lowest BCUT2D eigenvalue weighted by atomic mass is 9.84. The summed E-state index contributed by atoms with van der Waals surface area (Å²) in [6.45, 7) is 8.37. The number of aromatic nitrogens is 2. The largest absolute Gasteiger partial charge is 0.496 e. The highest BCUT2D eigenvalue weighted by Crippen LogP contribution is 2.36. The van der Waals surface area contributed by atoms with E-state index in [1.807, 2.05) is 19.1 Å². The number of aryl methyl sites for hydroxylation is 1. The Kier molecular flexibility index (Phi) is 3.22. The molecule has 0 saturated heterocycles. The second-order valence-electron chi connectivity index (χ2n) is 5.56. The maximum absolute atomic E-state index is 5.48. The highest BCUT2D eigenvalue weighted by molar-refractivity contribution is 5.63. The molecule has 2 N–H and O–H groups in total. The van der Waals surface area contributed by atoms with Gasteiger partial charge in [0, 0.05) is 11.1 Å². The average molecular weight is 261 g/mol. The molecular weight excluding hydrogens is 242 g/mol. The van der Waals surface area contributed by atoms with Crippen molar-refractivity contribution >= 4 is 6.01 Å². The number of hydrogen-bond donors (Lipinski definition) is 1. The van der Waals surface area contributed by atoms with Crippen molar-refractivity contribution in [3.63, 3.8) is 0 Å². The Hall–Kier alpha value is -2.04. The first-order chi connectivity index (χ1) is 8.82. The van der Waals surface area contributed by atoms with Crippen LogP contribution in [0.4, 0.5) is 6.01 Å². The summed E-state index contributed by atoms with van der Waals surface area (Å²) in [5.41, 5.74) is 8.42. The molecule has 0 radical (unpaired) electrons. The van der Waals surface area contributed by atoms with Crippen LogP contribution in [-0.4, -0.2) is 17.3 Å². The van der Waals surface area contributed by atoms with Crippen LogP contribution in [0.25, 0.3) is 11.5 Å². The van der Waals surface area contributed by atoms with Gasteiger partial charge in [-0.2, -0.15) is 0 Å². The third kappa shape index (κ3) is 2.54. The van der Waals surface area contributed by atoms with Crippen molar-refractivity contribution < 1.29 is 9.15 Å². The molecule has 0 spiro atoms. The number of rotatable bonds is 2. The van der Waals surface area contributed by atoms with Crippen LogP contribution in [0.15, 0.2) is 16.5 Å². The van der Waals surface area contributed by atoms with E-state index in [4.69, 9.17) is 14.9 Å². The summed E-state index contributed by atoms with van der Waals surface area (Å²) >= 11 is 0. The van der Waals surface area contributed by atoms with Gasteiger partial charge in [0.05, 0.1) is 7.11 Å². The zero-order valence-corrected chi connectivity index (χ0v) is 11.9. The first-order valence-electron chi connectivity index (χ1n) is 6.11. The second-order valence-corrected chi connectivity index (χ2v) is 5.56. The van der Waals surface area contributed by atoms with Crippen LogP contribution in [0.3, 0.4) is 0 Å². The molecule has 0 saturated carbocycles. The Morgan fingerprint density at radius 3 is 2.37 bits per heavy atom. The molecular formula is C14H19N3O2. The van der Waals surface area contributed by atoms with Gasteiger partial charge in [-0.15, -0.1) is 5.10 Å². The average Bonchev–Trinajstić information content (AvgIpc) is 2.73. The van der Waals surface area contributed by atoms with Crippen molar-refractivity contribution in [2.45, 2.75) is 33.1 Å². The van der Waals surface area contributed by atoms with E-state index in [1.54, 1.807) is 7.11 Å².